The molecule has 0 saturated heterocycles. The molecule has 1 atom stereocenters. The third kappa shape index (κ3) is 3.25. The number of fused-ring (bicyclic) bond motifs is 1. The van der Waals surface area contributed by atoms with Gasteiger partial charge in [-0.1, -0.05) is 41.7 Å². The van der Waals surface area contributed by atoms with E-state index in [-0.39, 0.29) is 24.2 Å². The number of nitrogens with one attached hydrogen (secondary N) is 1. The molecular weight excluding hydrogens is 353 g/mol. The van der Waals surface area contributed by atoms with Crippen LogP contribution in [-0.2, 0) is 11.4 Å². The van der Waals surface area contributed by atoms with Gasteiger partial charge in [-0.3, -0.25) is 4.79 Å². The van der Waals surface area contributed by atoms with Gasteiger partial charge in [-0.25, -0.2) is 9.37 Å². The lowest BCUT2D eigenvalue weighted by Gasteiger charge is -2.23. The van der Waals surface area contributed by atoms with Crippen molar-refractivity contribution in [3.63, 3.8) is 0 Å². The molecule has 0 aliphatic carbocycles. The molecule has 3 aromatic rings. The van der Waals surface area contributed by atoms with Gasteiger partial charge in [0.05, 0.1) is 4.88 Å². The van der Waals surface area contributed by atoms with Gasteiger partial charge in [-0.05, 0) is 23.8 Å². The number of hydrogen-bond donors (Lipinski definition) is 2. The van der Waals surface area contributed by atoms with E-state index in [0.717, 1.165) is 16.0 Å². The number of nitrogens with zero attached hydrogens (tertiary/aromatic N) is 1. The summed E-state index contributed by atoms with van der Waals surface area (Å²) in [6.07, 6.45) is 0.301. The van der Waals surface area contributed by atoms with E-state index in [2.05, 4.69) is 10.3 Å². The third-order valence-corrected chi connectivity index (χ3v) is 5.21. The summed E-state index contributed by atoms with van der Waals surface area (Å²) in [5.41, 5.74) is 7.45. The standard InChI is InChI=1S/C19H16FN3O2S/c20-12-5-3-4-11(8-12)10-25-15-7-2-1-6-13(15)14-9-16(24)22-18-17(14)26-19(21)23-18/h1-8,14H,9-10H2,(H2,21,23)(H,22,24)/t14-/m1/s1. The van der Waals surface area contributed by atoms with Crippen molar-refractivity contribution in [2.24, 2.45) is 0 Å². The van der Waals surface area contributed by atoms with Crippen LogP contribution in [0.4, 0.5) is 15.3 Å². The van der Waals surface area contributed by atoms with E-state index < -0.39 is 0 Å². The van der Waals surface area contributed by atoms with Crippen LogP contribution in [0.15, 0.2) is 48.5 Å². The summed E-state index contributed by atoms with van der Waals surface area (Å²) < 4.78 is 19.3. The second-order valence-corrected chi connectivity index (χ2v) is 7.09. The number of amides is 1. The molecule has 132 valence electrons. The number of carbonyl (C=O) groups excluding carboxylic acids is 1. The average Bonchev–Trinajstić information content (AvgIpc) is 2.99. The Morgan fingerprint density at radius 2 is 2.12 bits per heavy atom. The van der Waals surface area contributed by atoms with Crippen molar-refractivity contribution in [1.29, 1.82) is 0 Å². The van der Waals surface area contributed by atoms with E-state index in [1.807, 2.05) is 30.3 Å². The van der Waals surface area contributed by atoms with Crippen molar-refractivity contribution < 1.29 is 13.9 Å². The number of benzene rings is 2. The number of rotatable bonds is 4. The SMILES string of the molecule is Nc1nc2c(s1)[C@@H](c1ccccc1OCc1cccc(F)c1)CC(=O)N2. The number of para-hydroxylation sites is 1. The molecule has 1 aliphatic rings. The highest BCUT2D eigenvalue weighted by Crippen LogP contribution is 2.44. The van der Waals surface area contributed by atoms with Crippen molar-refractivity contribution in [2.75, 3.05) is 11.1 Å². The first-order chi connectivity index (χ1) is 12.6. The highest BCUT2D eigenvalue weighted by atomic mass is 32.1. The summed E-state index contributed by atoms with van der Waals surface area (Å²) in [6, 6.07) is 13.9. The normalized spacial score (nSPS) is 16.0. The number of nitrogens with two attached hydrogens (primary N) is 1. The number of thiazole rings is 1. The molecule has 3 N–H and O–H groups in total. The number of nitrogen functional groups attached to an aromatic ring is 1. The lowest BCUT2D eigenvalue weighted by atomic mass is 9.91. The largest absolute Gasteiger partial charge is 0.489 e. The summed E-state index contributed by atoms with van der Waals surface area (Å²) in [6.45, 7) is 0.241. The van der Waals surface area contributed by atoms with Gasteiger partial charge >= 0.3 is 0 Å². The van der Waals surface area contributed by atoms with Crippen LogP contribution < -0.4 is 15.8 Å². The van der Waals surface area contributed by atoms with Gasteiger partial charge in [0.25, 0.3) is 0 Å². The fraction of sp³-hybridized carbons (Fsp3) is 0.158. The van der Waals surface area contributed by atoms with Crippen LogP contribution in [0.5, 0.6) is 5.75 Å². The van der Waals surface area contributed by atoms with Crippen molar-refractivity contribution in [2.45, 2.75) is 18.9 Å². The van der Waals surface area contributed by atoms with Crippen LogP contribution in [0, 0.1) is 5.82 Å². The molecule has 0 unspecified atom stereocenters. The minimum absolute atomic E-state index is 0.104. The lowest BCUT2D eigenvalue weighted by Crippen LogP contribution is -2.23. The summed E-state index contributed by atoms with van der Waals surface area (Å²) in [5, 5.41) is 3.18. The predicted octanol–water partition coefficient (Wildman–Crippen LogP) is 3.92. The number of halogens is 1. The second kappa shape index (κ2) is 6.76. The Bertz CT molecular complexity index is 973. The molecule has 2 heterocycles. The van der Waals surface area contributed by atoms with E-state index >= 15 is 0 Å². The number of aromatic nitrogens is 1. The van der Waals surface area contributed by atoms with Crippen LogP contribution >= 0.6 is 11.3 Å². The van der Waals surface area contributed by atoms with E-state index in [4.69, 9.17) is 10.5 Å². The van der Waals surface area contributed by atoms with Crippen molar-refractivity contribution in [1.82, 2.24) is 4.98 Å². The molecule has 5 nitrogen and oxygen atoms in total. The number of hydrogen-bond acceptors (Lipinski definition) is 5. The first-order valence-corrected chi connectivity index (χ1v) is 8.94. The van der Waals surface area contributed by atoms with Gasteiger partial charge in [-0.15, -0.1) is 0 Å². The maximum atomic E-state index is 13.4. The van der Waals surface area contributed by atoms with Gasteiger partial charge in [0, 0.05) is 17.9 Å². The van der Waals surface area contributed by atoms with Crippen LogP contribution in [0.25, 0.3) is 0 Å². The van der Waals surface area contributed by atoms with E-state index in [1.165, 1.54) is 23.5 Å². The van der Waals surface area contributed by atoms with Crippen LogP contribution in [0.3, 0.4) is 0 Å². The fourth-order valence-electron chi connectivity index (χ4n) is 3.07. The molecule has 0 bridgehead atoms. The number of carbonyl (C=O) groups is 1. The molecule has 0 fully saturated rings. The molecule has 0 saturated carbocycles. The van der Waals surface area contributed by atoms with Crippen molar-refractivity contribution in [3.05, 3.63) is 70.4 Å². The molecule has 2 aromatic carbocycles. The Morgan fingerprint density at radius 3 is 2.96 bits per heavy atom. The van der Waals surface area contributed by atoms with Gasteiger partial charge in [0.15, 0.2) is 5.13 Å². The van der Waals surface area contributed by atoms with Gasteiger partial charge in [0.2, 0.25) is 5.91 Å². The summed E-state index contributed by atoms with van der Waals surface area (Å²) in [5.74, 6) is 0.612. The molecule has 1 aromatic heterocycles. The third-order valence-electron chi connectivity index (χ3n) is 4.21. The van der Waals surface area contributed by atoms with E-state index in [0.29, 0.717) is 23.1 Å². The Labute approximate surface area is 153 Å². The molecule has 0 spiro atoms. The molecular formula is C19H16FN3O2S. The van der Waals surface area contributed by atoms with Crippen molar-refractivity contribution >= 4 is 28.2 Å². The molecule has 1 amide bonds. The number of anilines is 2. The first kappa shape index (κ1) is 16.5. The highest BCUT2D eigenvalue weighted by molar-refractivity contribution is 7.16. The Hall–Kier alpha value is -2.93. The molecule has 0 radical (unpaired) electrons. The summed E-state index contributed by atoms with van der Waals surface area (Å²) in [4.78, 5) is 17.2. The smallest absolute Gasteiger partial charge is 0.226 e. The second-order valence-electron chi connectivity index (χ2n) is 6.03. The van der Waals surface area contributed by atoms with Gasteiger partial charge in [0.1, 0.15) is 24.0 Å². The topological polar surface area (TPSA) is 77.2 Å². The first-order valence-electron chi connectivity index (χ1n) is 8.12. The maximum absolute atomic E-state index is 13.4. The fourth-order valence-corrected chi connectivity index (χ4v) is 3.98. The molecule has 26 heavy (non-hydrogen) atoms. The van der Waals surface area contributed by atoms with Gasteiger partial charge < -0.3 is 15.8 Å². The quantitative estimate of drug-likeness (QED) is 0.731. The Morgan fingerprint density at radius 1 is 1.27 bits per heavy atom. The minimum Gasteiger partial charge on any atom is -0.489 e. The number of ether oxygens (including phenoxy) is 1. The van der Waals surface area contributed by atoms with Crippen LogP contribution in [0.1, 0.15) is 28.3 Å². The molecule has 7 heteroatoms. The Balaban J connectivity index is 1.65. The lowest BCUT2D eigenvalue weighted by molar-refractivity contribution is -0.116. The van der Waals surface area contributed by atoms with Crippen molar-refractivity contribution in [3.8, 4) is 5.75 Å². The molecule has 4 rings (SSSR count). The summed E-state index contributed by atoms with van der Waals surface area (Å²) >= 11 is 1.37. The maximum Gasteiger partial charge on any atom is 0.226 e. The van der Waals surface area contributed by atoms with E-state index in [9.17, 15) is 9.18 Å². The molecule has 1 aliphatic heterocycles. The monoisotopic (exact) mass is 369 g/mol. The van der Waals surface area contributed by atoms with Gasteiger partial charge in [-0.2, -0.15) is 0 Å². The van der Waals surface area contributed by atoms with E-state index in [1.54, 1.807) is 6.07 Å². The summed E-state index contributed by atoms with van der Waals surface area (Å²) in [7, 11) is 0. The minimum atomic E-state index is -0.298. The predicted molar refractivity (Wildman–Crippen MR) is 98.8 cm³/mol. The Kier molecular flexibility index (Phi) is 4.30. The zero-order valence-corrected chi connectivity index (χ0v) is 14.6. The average molecular weight is 369 g/mol. The zero-order valence-electron chi connectivity index (χ0n) is 13.7. The van der Waals surface area contributed by atoms with Crippen LogP contribution in [0.2, 0.25) is 0 Å². The highest BCUT2D eigenvalue weighted by Gasteiger charge is 2.31. The van der Waals surface area contributed by atoms with Crippen LogP contribution in [-0.4, -0.2) is 10.9 Å². The zero-order chi connectivity index (χ0) is 18.1.